The monoisotopic (exact) mass is 264 g/mol. The van der Waals surface area contributed by atoms with E-state index in [2.05, 4.69) is 4.98 Å². The number of rotatable bonds is 4. The molecule has 1 heterocycles. The maximum Gasteiger partial charge on any atom is 0.260 e. The normalized spacial score (nSPS) is 10.9. The maximum atomic E-state index is 5.85. The molecule has 0 atom stereocenters. The second kappa shape index (κ2) is 5.35. The van der Waals surface area contributed by atoms with Gasteiger partial charge in [0, 0.05) is 16.6 Å². The Morgan fingerprint density at radius 3 is 2.72 bits per heavy atom. The van der Waals surface area contributed by atoms with Gasteiger partial charge < -0.3 is 14.9 Å². The summed E-state index contributed by atoms with van der Waals surface area (Å²) in [6.45, 7) is 5.85. The smallest absolute Gasteiger partial charge is 0.260 e. The maximum absolute atomic E-state index is 5.85. The summed E-state index contributed by atoms with van der Waals surface area (Å²) in [6.07, 6.45) is 1.74. The molecule has 1 aromatic carbocycles. The van der Waals surface area contributed by atoms with E-state index in [9.17, 15) is 0 Å². The van der Waals surface area contributed by atoms with Crippen molar-refractivity contribution in [2.24, 2.45) is 0 Å². The van der Waals surface area contributed by atoms with Gasteiger partial charge in [-0.25, -0.2) is 4.98 Å². The van der Waals surface area contributed by atoms with Gasteiger partial charge in [0.25, 0.3) is 5.22 Å². The molecule has 4 nitrogen and oxygen atoms in total. The minimum Gasteiger partial charge on any atom is -0.491 e. The Labute approximate surface area is 111 Å². The number of oxazole rings is 1. The molecule has 1 aromatic heterocycles. The van der Waals surface area contributed by atoms with Gasteiger partial charge in [0.05, 0.1) is 11.8 Å². The van der Waals surface area contributed by atoms with Crippen LogP contribution < -0.4 is 10.5 Å². The molecule has 96 valence electrons. The summed E-state index contributed by atoms with van der Waals surface area (Å²) in [5.74, 6) is 0.760. The van der Waals surface area contributed by atoms with Crippen molar-refractivity contribution < 1.29 is 9.15 Å². The van der Waals surface area contributed by atoms with Crippen molar-refractivity contribution >= 4 is 17.4 Å². The summed E-state index contributed by atoms with van der Waals surface area (Å²) in [6, 6.07) is 5.61. The van der Waals surface area contributed by atoms with Gasteiger partial charge in [-0.2, -0.15) is 0 Å². The van der Waals surface area contributed by atoms with Gasteiger partial charge in [0.2, 0.25) is 0 Å². The molecule has 0 spiro atoms. The van der Waals surface area contributed by atoms with Crippen molar-refractivity contribution in [3.63, 3.8) is 0 Å². The SMILES string of the molecule is Cc1coc(Sc2cc(N)cc(OC(C)C)c2)n1. The molecule has 0 saturated heterocycles. The molecule has 0 saturated carbocycles. The molecule has 0 radical (unpaired) electrons. The zero-order valence-electron chi connectivity index (χ0n) is 10.6. The fourth-order valence-corrected chi connectivity index (χ4v) is 2.33. The number of aryl methyl sites for hydroxylation is 1. The largest absolute Gasteiger partial charge is 0.491 e. The van der Waals surface area contributed by atoms with Crippen LogP contribution in [0, 0.1) is 6.92 Å². The van der Waals surface area contributed by atoms with Gasteiger partial charge in [0.15, 0.2) is 0 Å². The topological polar surface area (TPSA) is 61.3 Å². The molecule has 2 aromatic rings. The van der Waals surface area contributed by atoms with Gasteiger partial charge in [-0.1, -0.05) is 0 Å². The summed E-state index contributed by atoms with van der Waals surface area (Å²) < 4.78 is 10.9. The molecule has 18 heavy (non-hydrogen) atoms. The molecule has 2 N–H and O–H groups in total. The molecule has 0 aliphatic heterocycles. The van der Waals surface area contributed by atoms with Crippen LogP contribution in [-0.4, -0.2) is 11.1 Å². The Morgan fingerprint density at radius 1 is 1.33 bits per heavy atom. The minimum atomic E-state index is 0.119. The van der Waals surface area contributed by atoms with Gasteiger partial charge in [-0.3, -0.25) is 0 Å². The predicted octanol–water partition coefficient (Wildman–Crippen LogP) is 3.50. The second-order valence-corrected chi connectivity index (χ2v) is 5.29. The Kier molecular flexibility index (Phi) is 3.81. The van der Waals surface area contributed by atoms with E-state index in [1.165, 1.54) is 11.8 Å². The number of nitrogen functional groups attached to an aromatic ring is 1. The highest BCUT2D eigenvalue weighted by atomic mass is 32.2. The zero-order valence-corrected chi connectivity index (χ0v) is 11.5. The molecule has 5 heteroatoms. The van der Waals surface area contributed by atoms with Gasteiger partial charge >= 0.3 is 0 Å². The molecule has 0 bridgehead atoms. The van der Waals surface area contributed by atoms with Crippen molar-refractivity contribution in [1.29, 1.82) is 0 Å². The molecule has 0 aliphatic rings. The van der Waals surface area contributed by atoms with Crippen LogP contribution in [0.4, 0.5) is 5.69 Å². The summed E-state index contributed by atoms with van der Waals surface area (Å²) >= 11 is 1.43. The number of nitrogens with zero attached hydrogens (tertiary/aromatic N) is 1. The first-order chi connectivity index (χ1) is 8.52. The third-order valence-electron chi connectivity index (χ3n) is 2.08. The molecule has 0 aliphatic carbocycles. The number of hydrogen-bond acceptors (Lipinski definition) is 5. The highest BCUT2D eigenvalue weighted by Gasteiger charge is 2.07. The lowest BCUT2D eigenvalue weighted by molar-refractivity contribution is 0.242. The first-order valence-electron chi connectivity index (χ1n) is 5.70. The Bertz CT molecular complexity index is 538. The zero-order chi connectivity index (χ0) is 13.1. The van der Waals surface area contributed by atoms with E-state index >= 15 is 0 Å². The first-order valence-corrected chi connectivity index (χ1v) is 6.52. The van der Waals surface area contributed by atoms with E-state index in [-0.39, 0.29) is 6.10 Å². The fraction of sp³-hybridized carbons (Fsp3) is 0.308. The van der Waals surface area contributed by atoms with Crippen molar-refractivity contribution in [3.05, 3.63) is 30.2 Å². The fourth-order valence-electron chi connectivity index (χ4n) is 1.47. The predicted molar refractivity (Wildman–Crippen MR) is 72.0 cm³/mol. The summed E-state index contributed by atoms with van der Waals surface area (Å²) in [5, 5.41) is 0.605. The lowest BCUT2D eigenvalue weighted by Gasteiger charge is -2.11. The molecule has 2 rings (SSSR count). The van der Waals surface area contributed by atoms with Gasteiger partial charge in [-0.15, -0.1) is 0 Å². The van der Waals surface area contributed by atoms with Crippen LogP contribution >= 0.6 is 11.8 Å². The molecule has 0 fully saturated rings. The number of hydrogen-bond donors (Lipinski definition) is 1. The lowest BCUT2D eigenvalue weighted by atomic mass is 10.3. The van der Waals surface area contributed by atoms with Crippen molar-refractivity contribution in [2.45, 2.75) is 37.0 Å². The Morgan fingerprint density at radius 2 is 2.11 bits per heavy atom. The van der Waals surface area contributed by atoms with Crippen LogP contribution in [0.5, 0.6) is 5.75 Å². The molecular weight excluding hydrogens is 248 g/mol. The second-order valence-electron chi connectivity index (χ2n) is 4.26. The Hall–Kier alpha value is -1.62. The Balaban J connectivity index is 2.19. The van der Waals surface area contributed by atoms with E-state index < -0.39 is 0 Å². The van der Waals surface area contributed by atoms with Crippen LogP contribution in [0.2, 0.25) is 0 Å². The van der Waals surface area contributed by atoms with E-state index in [0.29, 0.717) is 10.9 Å². The average molecular weight is 264 g/mol. The highest BCUT2D eigenvalue weighted by Crippen LogP contribution is 2.32. The molecular formula is C13H16N2O2S. The summed E-state index contributed by atoms with van der Waals surface area (Å²) in [4.78, 5) is 5.19. The average Bonchev–Trinajstić information content (AvgIpc) is 2.61. The molecule has 0 unspecified atom stereocenters. The number of anilines is 1. The summed E-state index contributed by atoms with van der Waals surface area (Å²) in [5.41, 5.74) is 7.38. The van der Waals surface area contributed by atoms with E-state index in [4.69, 9.17) is 14.9 Å². The number of ether oxygens (including phenoxy) is 1. The van der Waals surface area contributed by atoms with E-state index in [0.717, 1.165) is 16.3 Å². The van der Waals surface area contributed by atoms with E-state index in [1.807, 2.05) is 39.0 Å². The number of nitrogens with two attached hydrogens (primary N) is 1. The van der Waals surface area contributed by atoms with Crippen molar-refractivity contribution in [3.8, 4) is 5.75 Å². The number of benzene rings is 1. The number of aromatic nitrogens is 1. The lowest BCUT2D eigenvalue weighted by Crippen LogP contribution is -2.05. The van der Waals surface area contributed by atoms with Gasteiger partial charge in [-0.05, 0) is 44.7 Å². The molecule has 0 amide bonds. The third-order valence-corrected chi connectivity index (χ3v) is 2.91. The van der Waals surface area contributed by atoms with E-state index in [1.54, 1.807) is 6.26 Å². The first kappa shape index (κ1) is 12.8. The van der Waals surface area contributed by atoms with Gasteiger partial charge in [0.1, 0.15) is 12.0 Å². The van der Waals surface area contributed by atoms with Crippen LogP contribution in [0.1, 0.15) is 19.5 Å². The third kappa shape index (κ3) is 3.43. The van der Waals surface area contributed by atoms with Crippen molar-refractivity contribution in [2.75, 3.05) is 5.73 Å². The quantitative estimate of drug-likeness (QED) is 0.856. The highest BCUT2D eigenvalue weighted by molar-refractivity contribution is 7.99. The van der Waals surface area contributed by atoms with Crippen LogP contribution in [-0.2, 0) is 0 Å². The summed E-state index contributed by atoms with van der Waals surface area (Å²) in [7, 11) is 0. The standard InChI is InChI=1S/C13H16N2O2S/c1-8(2)17-11-4-10(14)5-12(6-11)18-13-15-9(3)7-16-13/h4-8H,14H2,1-3H3. The van der Waals surface area contributed by atoms with Crippen LogP contribution in [0.3, 0.4) is 0 Å². The van der Waals surface area contributed by atoms with Crippen molar-refractivity contribution in [1.82, 2.24) is 4.98 Å². The van der Waals surface area contributed by atoms with Crippen LogP contribution in [0.15, 0.2) is 39.0 Å². The minimum absolute atomic E-state index is 0.119. The van der Waals surface area contributed by atoms with Crippen LogP contribution in [0.25, 0.3) is 0 Å².